The third kappa shape index (κ3) is 4.16. The summed E-state index contributed by atoms with van der Waals surface area (Å²) < 4.78 is 11.2. The first-order valence-electron chi connectivity index (χ1n) is 9.02. The van der Waals surface area contributed by atoms with Crippen molar-refractivity contribution in [2.45, 2.75) is 46.5 Å². The topological polar surface area (TPSA) is 61.0 Å². The lowest BCUT2D eigenvalue weighted by Gasteiger charge is -2.11. The second-order valence-corrected chi connectivity index (χ2v) is 6.42. The van der Waals surface area contributed by atoms with Gasteiger partial charge in [0.15, 0.2) is 12.2 Å². The van der Waals surface area contributed by atoms with Crippen molar-refractivity contribution in [2.24, 2.45) is 5.92 Å². The van der Waals surface area contributed by atoms with Crippen LogP contribution in [0, 0.1) is 5.92 Å². The normalized spacial score (nSPS) is 12.4. The first kappa shape index (κ1) is 17.4. The van der Waals surface area contributed by atoms with E-state index in [-0.39, 0.29) is 0 Å². The summed E-state index contributed by atoms with van der Waals surface area (Å²) in [6.45, 7) is 7.07. The maximum Gasteiger partial charge on any atom is 0.181 e. The molecule has 1 atom stereocenters. The summed E-state index contributed by atoms with van der Waals surface area (Å²) in [7, 11) is 0. The zero-order valence-corrected chi connectivity index (χ0v) is 15.2. The molecule has 3 rings (SSSR count). The van der Waals surface area contributed by atoms with Gasteiger partial charge in [0.25, 0.3) is 0 Å². The number of ether oxygens (including phenoxy) is 1. The maximum atomic E-state index is 5.79. The molecule has 3 aromatic rings. The standard InChI is InChI=1S/C20H25N3O2/c1-4-6-14(3)7-8-20-22-11-15-9-16(19-12-21-13-25-19)18(24-5-2)10-17(15)23-20/h9-14H,4-8H2,1-3H3. The van der Waals surface area contributed by atoms with Gasteiger partial charge < -0.3 is 9.15 Å². The second kappa shape index (κ2) is 8.10. The van der Waals surface area contributed by atoms with E-state index in [1.165, 1.54) is 19.2 Å². The number of rotatable bonds is 8. The third-order valence-electron chi connectivity index (χ3n) is 4.37. The summed E-state index contributed by atoms with van der Waals surface area (Å²) in [5.41, 5.74) is 1.78. The molecule has 0 N–H and O–H groups in total. The second-order valence-electron chi connectivity index (χ2n) is 6.42. The van der Waals surface area contributed by atoms with E-state index < -0.39 is 0 Å². The molecule has 0 aliphatic heterocycles. The van der Waals surface area contributed by atoms with Gasteiger partial charge in [-0.15, -0.1) is 0 Å². The highest BCUT2D eigenvalue weighted by Gasteiger charge is 2.13. The summed E-state index contributed by atoms with van der Waals surface area (Å²) in [6.07, 6.45) is 9.50. The van der Waals surface area contributed by atoms with Crippen LogP contribution < -0.4 is 4.74 Å². The predicted octanol–water partition coefficient (Wildman–Crippen LogP) is 5.05. The van der Waals surface area contributed by atoms with E-state index in [4.69, 9.17) is 14.1 Å². The largest absolute Gasteiger partial charge is 0.493 e. The van der Waals surface area contributed by atoms with Gasteiger partial charge in [-0.05, 0) is 25.3 Å². The highest BCUT2D eigenvalue weighted by molar-refractivity contribution is 5.86. The minimum atomic E-state index is 0.582. The maximum absolute atomic E-state index is 5.79. The molecule has 0 fully saturated rings. The first-order chi connectivity index (χ1) is 12.2. The molecule has 0 aliphatic rings. The minimum Gasteiger partial charge on any atom is -0.493 e. The monoisotopic (exact) mass is 339 g/mol. The number of hydrogen-bond acceptors (Lipinski definition) is 5. The average molecular weight is 339 g/mol. The van der Waals surface area contributed by atoms with Crippen LogP contribution in [-0.4, -0.2) is 21.6 Å². The van der Waals surface area contributed by atoms with Crippen LogP contribution in [0.4, 0.5) is 0 Å². The van der Waals surface area contributed by atoms with E-state index in [0.717, 1.165) is 40.9 Å². The summed E-state index contributed by atoms with van der Waals surface area (Å²) in [4.78, 5) is 13.3. The Morgan fingerprint density at radius 1 is 1.16 bits per heavy atom. The summed E-state index contributed by atoms with van der Waals surface area (Å²) in [6, 6.07) is 3.97. The number of nitrogens with zero attached hydrogens (tertiary/aromatic N) is 3. The molecule has 2 heterocycles. The lowest BCUT2D eigenvalue weighted by molar-refractivity contribution is 0.341. The van der Waals surface area contributed by atoms with Crippen LogP contribution in [0.1, 0.15) is 45.9 Å². The number of fused-ring (bicyclic) bond motifs is 1. The number of oxazole rings is 1. The lowest BCUT2D eigenvalue weighted by atomic mass is 10.00. The molecule has 132 valence electrons. The van der Waals surface area contributed by atoms with Crippen molar-refractivity contribution in [3.63, 3.8) is 0 Å². The summed E-state index contributed by atoms with van der Waals surface area (Å²) in [5, 5.41) is 0.972. The van der Waals surface area contributed by atoms with Crippen LogP contribution in [-0.2, 0) is 6.42 Å². The van der Waals surface area contributed by atoms with Crippen molar-refractivity contribution >= 4 is 10.9 Å². The average Bonchev–Trinajstić information content (AvgIpc) is 3.14. The molecule has 0 spiro atoms. The Kier molecular flexibility index (Phi) is 5.64. The number of aryl methyl sites for hydroxylation is 1. The fourth-order valence-electron chi connectivity index (χ4n) is 3.05. The van der Waals surface area contributed by atoms with Gasteiger partial charge >= 0.3 is 0 Å². The molecule has 2 aromatic heterocycles. The van der Waals surface area contributed by atoms with Crippen LogP contribution in [0.2, 0.25) is 0 Å². The Morgan fingerprint density at radius 2 is 2.04 bits per heavy atom. The van der Waals surface area contributed by atoms with E-state index >= 15 is 0 Å². The van der Waals surface area contributed by atoms with Crippen molar-refractivity contribution in [1.82, 2.24) is 15.0 Å². The lowest BCUT2D eigenvalue weighted by Crippen LogP contribution is -2.01. The molecular weight excluding hydrogens is 314 g/mol. The van der Waals surface area contributed by atoms with Gasteiger partial charge in [-0.3, -0.25) is 0 Å². The van der Waals surface area contributed by atoms with Crippen LogP contribution in [0.3, 0.4) is 0 Å². The third-order valence-corrected chi connectivity index (χ3v) is 4.37. The number of hydrogen-bond donors (Lipinski definition) is 0. The molecule has 5 heteroatoms. The van der Waals surface area contributed by atoms with Gasteiger partial charge in [-0.25, -0.2) is 15.0 Å². The van der Waals surface area contributed by atoms with Gasteiger partial charge in [0.2, 0.25) is 0 Å². The van der Waals surface area contributed by atoms with E-state index in [9.17, 15) is 0 Å². The van der Waals surface area contributed by atoms with Crippen LogP contribution in [0.15, 0.2) is 35.3 Å². The molecule has 0 saturated heterocycles. The van der Waals surface area contributed by atoms with E-state index in [0.29, 0.717) is 18.3 Å². The summed E-state index contributed by atoms with van der Waals surface area (Å²) in [5.74, 6) is 3.04. The molecule has 5 nitrogen and oxygen atoms in total. The highest BCUT2D eigenvalue weighted by atomic mass is 16.5. The van der Waals surface area contributed by atoms with Gasteiger partial charge in [-0.2, -0.15) is 0 Å². The highest BCUT2D eigenvalue weighted by Crippen LogP contribution is 2.33. The SMILES string of the molecule is CCCC(C)CCc1ncc2cc(-c3cnco3)c(OCC)cc2n1. The molecule has 1 aromatic carbocycles. The van der Waals surface area contributed by atoms with E-state index in [1.54, 1.807) is 6.20 Å². The van der Waals surface area contributed by atoms with Crippen molar-refractivity contribution in [1.29, 1.82) is 0 Å². The number of benzene rings is 1. The van der Waals surface area contributed by atoms with Crippen molar-refractivity contribution in [3.05, 3.63) is 36.7 Å². The zero-order valence-electron chi connectivity index (χ0n) is 15.2. The van der Waals surface area contributed by atoms with Gasteiger partial charge in [0.1, 0.15) is 11.6 Å². The Bertz CT molecular complexity index is 815. The Morgan fingerprint density at radius 3 is 2.76 bits per heavy atom. The molecule has 1 unspecified atom stereocenters. The Balaban J connectivity index is 1.90. The molecule has 0 saturated carbocycles. The fraction of sp³-hybridized carbons (Fsp3) is 0.450. The zero-order chi connectivity index (χ0) is 17.6. The molecule has 25 heavy (non-hydrogen) atoms. The van der Waals surface area contributed by atoms with E-state index in [1.807, 2.05) is 25.3 Å². The first-order valence-corrected chi connectivity index (χ1v) is 9.02. The predicted molar refractivity (Wildman–Crippen MR) is 98.6 cm³/mol. The van der Waals surface area contributed by atoms with E-state index in [2.05, 4.69) is 23.8 Å². The smallest absolute Gasteiger partial charge is 0.181 e. The van der Waals surface area contributed by atoms with Gasteiger partial charge in [-0.1, -0.05) is 26.7 Å². The molecular formula is C20H25N3O2. The van der Waals surface area contributed by atoms with Crippen molar-refractivity contribution in [2.75, 3.05) is 6.61 Å². The molecule has 0 bridgehead atoms. The van der Waals surface area contributed by atoms with Gasteiger partial charge in [0, 0.05) is 24.1 Å². The fourth-order valence-corrected chi connectivity index (χ4v) is 3.05. The molecule has 0 aliphatic carbocycles. The van der Waals surface area contributed by atoms with Crippen molar-refractivity contribution in [3.8, 4) is 17.1 Å². The van der Waals surface area contributed by atoms with Gasteiger partial charge in [0.05, 0.1) is 23.9 Å². The van der Waals surface area contributed by atoms with Crippen LogP contribution in [0.25, 0.3) is 22.2 Å². The Hall–Kier alpha value is -2.43. The molecule has 0 radical (unpaired) electrons. The molecule has 0 amide bonds. The van der Waals surface area contributed by atoms with Crippen LogP contribution >= 0.6 is 0 Å². The van der Waals surface area contributed by atoms with Crippen molar-refractivity contribution < 1.29 is 9.15 Å². The quantitative estimate of drug-likeness (QED) is 0.574. The summed E-state index contributed by atoms with van der Waals surface area (Å²) >= 11 is 0. The number of aromatic nitrogens is 3. The Labute approximate surface area is 148 Å². The van der Waals surface area contributed by atoms with Crippen LogP contribution in [0.5, 0.6) is 5.75 Å². The minimum absolute atomic E-state index is 0.582.